The number of carboxylic acid groups (broad SMARTS) is 1. The van der Waals surface area contributed by atoms with E-state index in [4.69, 9.17) is 5.11 Å². The van der Waals surface area contributed by atoms with E-state index >= 15 is 0 Å². The van der Waals surface area contributed by atoms with Crippen molar-refractivity contribution in [2.45, 2.75) is 38.0 Å². The van der Waals surface area contributed by atoms with Crippen LogP contribution >= 0.6 is 0 Å². The second-order valence-electron chi connectivity index (χ2n) is 5.62. The average molecular weight is 327 g/mol. The van der Waals surface area contributed by atoms with Crippen molar-refractivity contribution in [3.05, 3.63) is 23.9 Å². The van der Waals surface area contributed by atoms with Gasteiger partial charge in [-0.25, -0.2) is 22.5 Å². The van der Waals surface area contributed by atoms with Gasteiger partial charge in [0.15, 0.2) is 5.69 Å². The van der Waals surface area contributed by atoms with Gasteiger partial charge in [0.1, 0.15) is 5.82 Å². The van der Waals surface area contributed by atoms with E-state index in [9.17, 15) is 13.2 Å². The van der Waals surface area contributed by atoms with Crippen molar-refractivity contribution in [1.29, 1.82) is 0 Å². The van der Waals surface area contributed by atoms with E-state index in [0.29, 0.717) is 31.7 Å². The number of pyridine rings is 1. The van der Waals surface area contributed by atoms with Crippen LogP contribution in [0.1, 0.15) is 37.2 Å². The number of aromatic nitrogens is 1. The van der Waals surface area contributed by atoms with Gasteiger partial charge in [-0.1, -0.05) is 6.07 Å². The summed E-state index contributed by atoms with van der Waals surface area (Å²) < 4.78 is 25.7. The molecule has 0 radical (unpaired) electrons. The predicted octanol–water partition coefficient (Wildman–Crippen LogP) is 1.39. The van der Waals surface area contributed by atoms with Crippen molar-refractivity contribution in [3.8, 4) is 0 Å². The number of nitrogens with one attached hydrogen (secondary N) is 1. The molecular weight excluding hydrogens is 306 g/mol. The third-order valence-corrected chi connectivity index (χ3v) is 6.01. The molecule has 2 heterocycles. The molecule has 1 fully saturated rings. The van der Waals surface area contributed by atoms with Gasteiger partial charge in [0.05, 0.1) is 5.25 Å². The smallest absolute Gasteiger partial charge is 0.354 e. The Labute approximate surface area is 130 Å². The van der Waals surface area contributed by atoms with Crippen LogP contribution in [-0.4, -0.2) is 53.2 Å². The summed E-state index contributed by atoms with van der Waals surface area (Å²) in [7, 11) is -3.20. The molecule has 8 heteroatoms. The number of piperidine rings is 1. The molecule has 122 valence electrons. The Morgan fingerprint density at radius 2 is 2.00 bits per heavy atom. The zero-order chi connectivity index (χ0) is 16.3. The SMILES string of the molecule is CC(C)S(=O)(=O)N1CCC(Nc2cccc(C(=O)O)n2)CC1. The van der Waals surface area contributed by atoms with Gasteiger partial charge in [-0.3, -0.25) is 0 Å². The summed E-state index contributed by atoms with van der Waals surface area (Å²) in [5.74, 6) is -0.563. The number of aromatic carboxylic acids is 1. The van der Waals surface area contributed by atoms with Gasteiger partial charge in [-0.2, -0.15) is 0 Å². The molecule has 0 bridgehead atoms. The zero-order valence-electron chi connectivity index (χ0n) is 12.7. The molecule has 0 atom stereocenters. The number of rotatable bonds is 5. The van der Waals surface area contributed by atoms with Crippen LogP contribution in [0.25, 0.3) is 0 Å². The molecule has 1 aromatic heterocycles. The van der Waals surface area contributed by atoms with Crippen molar-refractivity contribution in [3.63, 3.8) is 0 Å². The highest BCUT2D eigenvalue weighted by atomic mass is 32.2. The minimum atomic E-state index is -3.20. The van der Waals surface area contributed by atoms with Crippen molar-refractivity contribution < 1.29 is 18.3 Å². The van der Waals surface area contributed by atoms with Crippen LogP contribution in [0.4, 0.5) is 5.82 Å². The van der Waals surface area contributed by atoms with Gasteiger partial charge in [-0.05, 0) is 38.8 Å². The number of sulfonamides is 1. The quantitative estimate of drug-likeness (QED) is 0.848. The van der Waals surface area contributed by atoms with Gasteiger partial charge in [0.2, 0.25) is 10.0 Å². The Kier molecular flexibility index (Phi) is 5.02. The molecule has 22 heavy (non-hydrogen) atoms. The molecule has 2 N–H and O–H groups in total. The molecule has 0 spiro atoms. The monoisotopic (exact) mass is 327 g/mol. The first-order valence-corrected chi connectivity index (χ1v) is 8.77. The lowest BCUT2D eigenvalue weighted by atomic mass is 10.1. The minimum absolute atomic E-state index is 0.00942. The molecule has 0 aromatic carbocycles. The number of hydrogen-bond donors (Lipinski definition) is 2. The lowest BCUT2D eigenvalue weighted by molar-refractivity contribution is 0.0690. The van der Waals surface area contributed by atoms with Crippen LogP contribution in [0.2, 0.25) is 0 Å². The fourth-order valence-corrected chi connectivity index (χ4v) is 3.71. The largest absolute Gasteiger partial charge is 0.477 e. The van der Waals surface area contributed by atoms with Gasteiger partial charge in [-0.15, -0.1) is 0 Å². The summed E-state index contributed by atoms with van der Waals surface area (Å²) in [5, 5.41) is 11.7. The molecule has 7 nitrogen and oxygen atoms in total. The summed E-state index contributed by atoms with van der Waals surface area (Å²) in [6.45, 7) is 4.30. The molecule has 0 amide bonds. The Morgan fingerprint density at radius 1 is 1.36 bits per heavy atom. The Balaban J connectivity index is 1.96. The first-order chi connectivity index (χ1) is 10.3. The van der Waals surface area contributed by atoms with Gasteiger partial charge in [0, 0.05) is 19.1 Å². The van der Waals surface area contributed by atoms with Gasteiger partial charge < -0.3 is 10.4 Å². The molecular formula is C14H21N3O4S. The fourth-order valence-electron chi connectivity index (χ4n) is 2.40. The van der Waals surface area contributed by atoms with Crippen LogP contribution in [0.3, 0.4) is 0 Å². The van der Waals surface area contributed by atoms with E-state index in [-0.39, 0.29) is 11.7 Å². The molecule has 0 aliphatic carbocycles. The van der Waals surface area contributed by atoms with E-state index in [0.717, 1.165) is 0 Å². The number of anilines is 1. The van der Waals surface area contributed by atoms with Crippen LogP contribution in [0.15, 0.2) is 18.2 Å². The van der Waals surface area contributed by atoms with E-state index in [1.807, 2.05) is 0 Å². The second kappa shape index (κ2) is 6.62. The summed E-state index contributed by atoms with van der Waals surface area (Å²) in [5.41, 5.74) is -0.00942. The van der Waals surface area contributed by atoms with Crippen LogP contribution in [0, 0.1) is 0 Å². The maximum Gasteiger partial charge on any atom is 0.354 e. The Bertz CT molecular complexity index is 637. The normalized spacial score (nSPS) is 17.6. The lowest BCUT2D eigenvalue weighted by Gasteiger charge is -2.32. The molecule has 1 aliphatic rings. The topological polar surface area (TPSA) is 99.6 Å². The van der Waals surface area contributed by atoms with Crippen molar-refractivity contribution in [1.82, 2.24) is 9.29 Å². The lowest BCUT2D eigenvalue weighted by Crippen LogP contribution is -2.44. The summed E-state index contributed by atoms with van der Waals surface area (Å²) in [6.07, 6.45) is 1.34. The van der Waals surface area contributed by atoms with E-state index in [1.165, 1.54) is 10.4 Å². The molecule has 0 saturated carbocycles. The number of nitrogens with zero attached hydrogens (tertiary/aromatic N) is 2. The molecule has 1 aliphatic heterocycles. The van der Waals surface area contributed by atoms with Crippen molar-refractivity contribution in [2.24, 2.45) is 0 Å². The maximum atomic E-state index is 12.1. The van der Waals surface area contributed by atoms with Crippen LogP contribution in [-0.2, 0) is 10.0 Å². The van der Waals surface area contributed by atoms with E-state index < -0.39 is 21.2 Å². The minimum Gasteiger partial charge on any atom is -0.477 e. The van der Waals surface area contributed by atoms with Gasteiger partial charge >= 0.3 is 5.97 Å². The summed E-state index contributed by atoms with van der Waals surface area (Å²) >= 11 is 0. The third-order valence-electron chi connectivity index (χ3n) is 3.73. The summed E-state index contributed by atoms with van der Waals surface area (Å²) in [4.78, 5) is 14.9. The number of carboxylic acids is 1. The maximum absolute atomic E-state index is 12.1. The third kappa shape index (κ3) is 3.75. The first-order valence-electron chi connectivity index (χ1n) is 7.26. The van der Waals surface area contributed by atoms with Crippen molar-refractivity contribution in [2.75, 3.05) is 18.4 Å². The highest BCUT2D eigenvalue weighted by molar-refractivity contribution is 7.89. The number of carbonyl (C=O) groups is 1. The number of hydrogen-bond acceptors (Lipinski definition) is 5. The second-order valence-corrected chi connectivity index (χ2v) is 8.11. The molecule has 1 saturated heterocycles. The predicted molar refractivity (Wildman–Crippen MR) is 83.5 cm³/mol. The first kappa shape index (κ1) is 16.7. The van der Waals surface area contributed by atoms with E-state index in [1.54, 1.807) is 26.0 Å². The Hall–Kier alpha value is -1.67. The fraction of sp³-hybridized carbons (Fsp3) is 0.571. The van der Waals surface area contributed by atoms with Crippen LogP contribution < -0.4 is 5.32 Å². The zero-order valence-corrected chi connectivity index (χ0v) is 13.5. The molecule has 1 aromatic rings. The highest BCUT2D eigenvalue weighted by Crippen LogP contribution is 2.19. The molecule has 0 unspecified atom stereocenters. The highest BCUT2D eigenvalue weighted by Gasteiger charge is 2.30. The average Bonchev–Trinajstić information content (AvgIpc) is 2.48. The van der Waals surface area contributed by atoms with Crippen molar-refractivity contribution >= 4 is 21.8 Å². The van der Waals surface area contributed by atoms with E-state index in [2.05, 4.69) is 10.3 Å². The standard InChI is InChI=1S/C14H21N3O4S/c1-10(2)22(20,21)17-8-6-11(7-9-17)15-13-5-3-4-12(16-13)14(18)19/h3-5,10-11H,6-9H2,1-2H3,(H,15,16)(H,18,19). The summed E-state index contributed by atoms with van der Waals surface area (Å²) in [6, 6.07) is 4.88. The Morgan fingerprint density at radius 3 is 2.55 bits per heavy atom. The van der Waals surface area contributed by atoms with Crippen LogP contribution in [0.5, 0.6) is 0 Å². The van der Waals surface area contributed by atoms with Gasteiger partial charge in [0.25, 0.3) is 0 Å². The molecule has 2 rings (SSSR count).